The molecule has 2 unspecified atom stereocenters. The second kappa shape index (κ2) is 8.66. The van der Waals surface area contributed by atoms with Crippen LogP contribution >= 0.6 is 22.6 Å². The van der Waals surface area contributed by atoms with Gasteiger partial charge in [-0.25, -0.2) is 18.7 Å². The van der Waals surface area contributed by atoms with E-state index in [4.69, 9.17) is 9.94 Å². The number of aliphatic hydroxyl groups excluding tert-OH is 1. The van der Waals surface area contributed by atoms with Gasteiger partial charge in [-0.1, -0.05) is 0 Å². The van der Waals surface area contributed by atoms with Crippen molar-refractivity contribution in [2.24, 2.45) is 11.8 Å². The molecule has 2 atom stereocenters. The lowest BCUT2D eigenvalue weighted by molar-refractivity contribution is 0.0247. The lowest BCUT2D eigenvalue weighted by atomic mass is 10.1. The van der Waals surface area contributed by atoms with Gasteiger partial charge in [0.2, 0.25) is 0 Å². The number of carbonyl (C=O) groups excluding carboxylic acids is 1. The van der Waals surface area contributed by atoms with Crippen LogP contribution < -0.4 is 10.8 Å². The predicted molar refractivity (Wildman–Crippen MR) is 106 cm³/mol. The molecule has 0 radical (unpaired) electrons. The molecule has 5 nitrogen and oxygen atoms in total. The number of amides is 1. The summed E-state index contributed by atoms with van der Waals surface area (Å²) in [5.74, 6) is -5.30. The Morgan fingerprint density at radius 1 is 1.25 bits per heavy atom. The normalized spacial score (nSPS) is 18.1. The SMILES string of the molecule is Cc1cc(I)ccc1Nc1c(C(=O)NOCC2CC2CO)cc(F)c(F)c1F. The van der Waals surface area contributed by atoms with E-state index >= 15 is 0 Å². The molecule has 0 bridgehead atoms. The molecular formula is C19H18F3IN2O3. The maximum atomic E-state index is 14.4. The van der Waals surface area contributed by atoms with E-state index in [2.05, 4.69) is 33.4 Å². The highest BCUT2D eigenvalue weighted by molar-refractivity contribution is 14.1. The van der Waals surface area contributed by atoms with Gasteiger partial charge in [0.25, 0.3) is 5.91 Å². The second-order valence-electron chi connectivity index (χ2n) is 6.67. The number of rotatable bonds is 7. The molecule has 150 valence electrons. The van der Waals surface area contributed by atoms with Crippen LogP contribution in [0.5, 0.6) is 0 Å². The third-order valence-electron chi connectivity index (χ3n) is 4.62. The minimum Gasteiger partial charge on any atom is -0.396 e. The van der Waals surface area contributed by atoms with Crippen molar-refractivity contribution in [2.45, 2.75) is 13.3 Å². The fourth-order valence-electron chi connectivity index (χ4n) is 2.81. The van der Waals surface area contributed by atoms with Gasteiger partial charge in [0.05, 0.1) is 17.9 Å². The van der Waals surface area contributed by atoms with Crippen LogP contribution in [-0.2, 0) is 4.84 Å². The van der Waals surface area contributed by atoms with E-state index in [0.717, 1.165) is 15.6 Å². The first kappa shape index (κ1) is 20.9. The molecule has 1 amide bonds. The molecule has 3 rings (SSSR count). The zero-order chi connectivity index (χ0) is 20.4. The molecule has 1 saturated carbocycles. The lowest BCUT2D eigenvalue weighted by Crippen LogP contribution is -2.26. The molecule has 0 aromatic heterocycles. The molecule has 9 heteroatoms. The fraction of sp³-hybridized carbons (Fsp3) is 0.316. The number of hydrogen-bond acceptors (Lipinski definition) is 4. The summed E-state index contributed by atoms with van der Waals surface area (Å²) in [7, 11) is 0. The van der Waals surface area contributed by atoms with E-state index in [1.54, 1.807) is 19.1 Å². The molecule has 1 aliphatic carbocycles. The van der Waals surface area contributed by atoms with Crippen molar-refractivity contribution in [3.8, 4) is 0 Å². The van der Waals surface area contributed by atoms with E-state index < -0.39 is 34.6 Å². The number of hydroxylamine groups is 1. The van der Waals surface area contributed by atoms with Crippen molar-refractivity contribution < 1.29 is 27.9 Å². The predicted octanol–water partition coefficient (Wildman–Crippen LogP) is 4.05. The summed E-state index contributed by atoms with van der Waals surface area (Å²) in [5, 5.41) is 11.7. The van der Waals surface area contributed by atoms with Crippen molar-refractivity contribution in [2.75, 3.05) is 18.5 Å². The van der Waals surface area contributed by atoms with E-state index in [1.165, 1.54) is 0 Å². The van der Waals surface area contributed by atoms with Crippen molar-refractivity contribution in [1.82, 2.24) is 5.48 Å². The monoisotopic (exact) mass is 506 g/mol. The second-order valence-corrected chi connectivity index (χ2v) is 7.92. The molecule has 28 heavy (non-hydrogen) atoms. The number of anilines is 2. The van der Waals surface area contributed by atoms with E-state index in [9.17, 15) is 18.0 Å². The highest BCUT2D eigenvalue weighted by Crippen LogP contribution is 2.37. The van der Waals surface area contributed by atoms with Gasteiger partial charge in [-0.2, -0.15) is 0 Å². The van der Waals surface area contributed by atoms with Crippen LogP contribution in [0.1, 0.15) is 22.3 Å². The Morgan fingerprint density at radius 3 is 2.64 bits per heavy atom. The number of nitrogens with one attached hydrogen (secondary N) is 2. The highest BCUT2D eigenvalue weighted by Gasteiger charge is 2.36. The topological polar surface area (TPSA) is 70.6 Å². The summed E-state index contributed by atoms with van der Waals surface area (Å²) in [4.78, 5) is 17.5. The first-order valence-electron chi connectivity index (χ1n) is 8.55. The average molecular weight is 506 g/mol. The van der Waals surface area contributed by atoms with Gasteiger partial charge in [0.1, 0.15) is 0 Å². The van der Waals surface area contributed by atoms with Crippen LogP contribution in [-0.4, -0.2) is 24.2 Å². The van der Waals surface area contributed by atoms with Crippen LogP contribution in [0.25, 0.3) is 0 Å². The molecule has 0 aliphatic heterocycles. The van der Waals surface area contributed by atoms with Crippen LogP contribution in [0.3, 0.4) is 0 Å². The van der Waals surface area contributed by atoms with Crippen LogP contribution in [0.4, 0.5) is 24.5 Å². The number of benzene rings is 2. The van der Waals surface area contributed by atoms with Gasteiger partial charge in [0.15, 0.2) is 17.5 Å². The first-order valence-corrected chi connectivity index (χ1v) is 9.63. The fourth-order valence-corrected chi connectivity index (χ4v) is 3.45. The largest absolute Gasteiger partial charge is 0.396 e. The van der Waals surface area contributed by atoms with Gasteiger partial charge in [-0.15, -0.1) is 0 Å². The van der Waals surface area contributed by atoms with E-state index in [-0.39, 0.29) is 25.0 Å². The number of aliphatic hydroxyl groups is 1. The molecule has 0 spiro atoms. The van der Waals surface area contributed by atoms with Crippen LogP contribution in [0.15, 0.2) is 24.3 Å². The lowest BCUT2D eigenvalue weighted by Gasteiger charge is -2.16. The quantitative estimate of drug-likeness (QED) is 0.301. The Bertz CT molecular complexity index is 910. The first-order chi connectivity index (χ1) is 13.3. The van der Waals surface area contributed by atoms with E-state index in [1.807, 2.05) is 6.07 Å². The summed E-state index contributed by atoms with van der Waals surface area (Å²) in [5.41, 5.74) is 2.40. The third kappa shape index (κ3) is 4.58. The van der Waals surface area contributed by atoms with Crippen molar-refractivity contribution in [3.63, 3.8) is 0 Å². The Balaban J connectivity index is 1.82. The zero-order valence-electron chi connectivity index (χ0n) is 14.9. The molecule has 2 aromatic carbocycles. The number of hydrogen-bond donors (Lipinski definition) is 3. The minimum absolute atomic E-state index is 0.0415. The molecule has 3 N–H and O–H groups in total. The maximum absolute atomic E-state index is 14.4. The number of carbonyl (C=O) groups is 1. The molecule has 1 fully saturated rings. The van der Waals surface area contributed by atoms with Crippen molar-refractivity contribution in [1.29, 1.82) is 0 Å². The zero-order valence-corrected chi connectivity index (χ0v) is 17.0. The molecule has 0 heterocycles. The molecule has 2 aromatic rings. The number of aryl methyl sites for hydroxylation is 1. The Kier molecular flexibility index (Phi) is 6.46. The Hall–Kier alpha value is -1.85. The van der Waals surface area contributed by atoms with Gasteiger partial charge in [0, 0.05) is 15.9 Å². The summed E-state index contributed by atoms with van der Waals surface area (Å²) >= 11 is 2.11. The third-order valence-corrected chi connectivity index (χ3v) is 5.29. The van der Waals surface area contributed by atoms with Gasteiger partial charge in [-0.3, -0.25) is 9.63 Å². The Morgan fingerprint density at radius 2 is 2.00 bits per heavy atom. The highest BCUT2D eigenvalue weighted by atomic mass is 127. The van der Waals surface area contributed by atoms with Crippen LogP contribution in [0, 0.1) is 39.8 Å². The average Bonchev–Trinajstić information content (AvgIpc) is 3.42. The molecular weight excluding hydrogens is 488 g/mol. The smallest absolute Gasteiger partial charge is 0.277 e. The molecule has 0 saturated heterocycles. The number of halogens is 4. The van der Waals surface area contributed by atoms with Crippen molar-refractivity contribution >= 4 is 39.9 Å². The maximum Gasteiger partial charge on any atom is 0.277 e. The van der Waals surface area contributed by atoms with Crippen LogP contribution in [0.2, 0.25) is 0 Å². The minimum atomic E-state index is -1.67. The van der Waals surface area contributed by atoms with E-state index in [0.29, 0.717) is 11.8 Å². The summed E-state index contributed by atoms with van der Waals surface area (Å²) < 4.78 is 42.8. The van der Waals surface area contributed by atoms with Gasteiger partial charge < -0.3 is 10.4 Å². The molecule has 1 aliphatic rings. The van der Waals surface area contributed by atoms with Gasteiger partial charge >= 0.3 is 0 Å². The standard InChI is InChI=1S/C19H18F3IN2O3/c1-9-4-12(23)2-3-15(9)24-18-13(6-14(20)16(21)17(18)22)19(27)25-28-8-11-5-10(11)7-26/h2-4,6,10-11,24,26H,5,7-8H2,1H3,(H,25,27). The Labute approximate surface area is 173 Å². The van der Waals surface area contributed by atoms with Gasteiger partial charge in [-0.05, 0) is 77.6 Å². The summed E-state index contributed by atoms with van der Waals surface area (Å²) in [6, 6.07) is 5.84. The summed E-state index contributed by atoms with van der Waals surface area (Å²) in [6.45, 7) is 1.97. The summed E-state index contributed by atoms with van der Waals surface area (Å²) in [6.07, 6.45) is 0.783. The van der Waals surface area contributed by atoms with Crippen molar-refractivity contribution in [3.05, 3.63) is 56.4 Å².